The second-order valence-electron chi connectivity index (χ2n) is 5.74. The Labute approximate surface area is 127 Å². The maximum absolute atomic E-state index is 11.8. The molecule has 6 heteroatoms. The maximum Gasteiger partial charge on any atom is 0.177 e. The molecule has 0 saturated carbocycles. The summed E-state index contributed by atoms with van der Waals surface area (Å²) in [6.45, 7) is 8.16. The molecule has 0 aliphatic carbocycles. The molecule has 1 aliphatic rings. The van der Waals surface area contributed by atoms with Gasteiger partial charge in [-0.1, -0.05) is 13.0 Å². The van der Waals surface area contributed by atoms with Crippen LogP contribution in [0.25, 0.3) is 0 Å². The van der Waals surface area contributed by atoms with Crippen LogP contribution >= 0.6 is 0 Å². The van der Waals surface area contributed by atoms with Gasteiger partial charge in [-0.2, -0.15) is 0 Å². The van der Waals surface area contributed by atoms with Gasteiger partial charge >= 0.3 is 0 Å². The standard InChI is InChI=1S/C15H25N3O2S/c1-4-12(2)17-8-10-18(11-9-17)13-6-5-7-14(15(13)16)21(3,19)20/h5-7,12H,4,8-11,16H2,1-3H3. The molecule has 21 heavy (non-hydrogen) atoms. The number of nitrogens with zero attached hydrogens (tertiary/aromatic N) is 2. The lowest BCUT2D eigenvalue weighted by Crippen LogP contribution is -2.49. The highest BCUT2D eigenvalue weighted by molar-refractivity contribution is 7.90. The number of nitrogens with two attached hydrogens (primary N) is 1. The van der Waals surface area contributed by atoms with Crippen LogP contribution in [0.5, 0.6) is 0 Å². The second-order valence-corrected chi connectivity index (χ2v) is 7.73. The average molecular weight is 311 g/mol. The van der Waals surface area contributed by atoms with Crippen molar-refractivity contribution in [3.05, 3.63) is 18.2 Å². The lowest BCUT2D eigenvalue weighted by molar-refractivity contribution is 0.193. The summed E-state index contributed by atoms with van der Waals surface area (Å²) in [7, 11) is -3.28. The predicted molar refractivity (Wildman–Crippen MR) is 87.5 cm³/mol. The Morgan fingerprint density at radius 3 is 2.38 bits per heavy atom. The normalized spacial score (nSPS) is 18.7. The minimum Gasteiger partial charge on any atom is -0.396 e. The van der Waals surface area contributed by atoms with Gasteiger partial charge in [-0.15, -0.1) is 0 Å². The van der Waals surface area contributed by atoms with Crippen molar-refractivity contribution >= 4 is 21.2 Å². The molecule has 0 amide bonds. The fourth-order valence-electron chi connectivity index (χ4n) is 2.79. The van der Waals surface area contributed by atoms with Gasteiger partial charge in [0.1, 0.15) is 0 Å². The number of anilines is 2. The summed E-state index contributed by atoms with van der Waals surface area (Å²) in [5.41, 5.74) is 7.29. The van der Waals surface area contributed by atoms with E-state index in [0.29, 0.717) is 11.7 Å². The number of sulfone groups is 1. The number of hydrogen-bond donors (Lipinski definition) is 1. The SMILES string of the molecule is CCC(C)N1CCN(c2cccc(S(C)(=O)=O)c2N)CC1. The first-order chi connectivity index (χ1) is 9.84. The maximum atomic E-state index is 11.8. The van der Waals surface area contributed by atoms with Gasteiger partial charge in [-0.25, -0.2) is 8.42 Å². The Balaban J connectivity index is 2.18. The quantitative estimate of drug-likeness (QED) is 0.856. The molecule has 5 nitrogen and oxygen atoms in total. The second kappa shape index (κ2) is 6.23. The molecule has 1 atom stereocenters. The van der Waals surface area contributed by atoms with E-state index >= 15 is 0 Å². The minimum atomic E-state index is -3.28. The molecule has 2 N–H and O–H groups in total. The Kier molecular flexibility index (Phi) is 4.78. The first-order valence-electron chi connectivity index (χ1n) is 7.42. The Morgan fingerprint density at radius 1 is 1.24 bits per heavy atom. The molecule has 118 valence electrons. The summed E-state index contributed by atoms with van der Waals surface area (Å²) in [4.78, 5) is 4.88. The fourth-order valence-corrected chi connectivity index (χ4v) is 3.62. The number of rotatable bonds is 4. The van der Waals surface area contributed by atoms with Crippen LogP contribution in [0.1, 0.15) is 20.3 Å². The van der Waals surface area contributed by atoms with Gasteiger partial charge in [0.15, 0.2) is 9.84 Å². The van der Waals surface area contributed by atoms with E-state index in [1.165, 1.54) is 6.26 Å². The third-order valence-electron chi connectivity index (χ3n) is 4.31. The lowest BCUT2D eigenvalue weighted by Gasteiger charge is -2.39. The summed E-state index contributed by atoms with van der Waals surface area (Å²) >= 11 is 0. The van der Waals surface area contributed by atoms with Gasteiger partial charge in [-0.05, 0) is 25.5 Å². The van der Waals surface area contributed by atoms with Crippen molar-refractivity contribution in [2.75, 3.05) is 43.1 Å². The molecule has 1 aromatic rings. The summed E-state index contributed by atoms with van der Waals surface area (Å²) in [5, 5.41) is 0. The highest BCUT2D eigenvalue weighted by atomic mass is 32.2. The molecule has 0 bridgehead atoms. The number of piperazine rings is 1. The number of nitrogen functional groups attached to an aromatic ring is 1. The monoisotopic (exact) mass is 311 g/mol. The number of para-hydroxylation sites is 1. The van der Waals surface area contributed by atoms with E-state index in [1.54, 1.807) is 12.1 Å². The van der Waals surface area contributed by atoms with Crippen molar-refractivity contribution in [3.63, 3.8) is 0 Å². The van der Waals surface area contributed by atoms with Crippen molar-refractivity contribution in [2.45, 2.75) is 31.2 Å². The molecule has 0 radical (unpaired) electrons. The Bertz CT molecular complexity index is 593. The first kappa shape index (κ1) is 16.1. The first-order valence-corrected chi connectivity index (χ1v) is 9.31. The zero-order valence-electron chi connectivity index (χ0n) is 13.0. The van der Waals surface area contributed by atoms with Gasteiger partial charge in [0.25, 0.3) is 0 Å². The summed E-state index contributed by atoms with van der Waals surface area (Å²) in [5.74, 6) is 0. The van der Waals surface area contributed by atoms with Crippen molar-refractivity contribution in [1.29, 1.82) is 0 Å². The van der Waals surface area contributed by atoms with E-state index in [1.807, 2.05) is 6.07 Å². The van der Waals surface area contributed by atoms with Crippen LogP contribution in [0.2, 0.25) is 0 Å². The zero-order valence-corrected chi connectivity index (χ0v) is 13.9. The van der Waals surface area contributed by atoms with Crippen LogP contribution in [0.4, 0.5) is 11.4 Å². The van der Waals surface area contributed by atoms with E-state index in [2.05, 4.69) is 23.6 Å². The van der Waals surface area contributed by atoms with Crippen LogP contribution in [0.15, 0.2) is 23.1 Å². The van der Waals surface area contributed by atoms with E-state index in [0.717, 1.165) is 38.3 Å². The van der Waals surface area contributed by atoms with E-state index < -0.39 is 9.84 Å². The predicted octanol–water partition coefficient (Wildman–Crippen LogP) is 1.59. The van der Waals surface area contributed by atoms with Gasteiger partial charge in [0, 0.05) is 38.5 Å². The smallest absolute Gasteiger partial charge is 0.177 e. The molecule has 1 heterocycles. The topological polar surface area (TPSA) is 66.6 Å². The Morgan fingerprint density at radius 2 is 1.86 bits per heavy atom. The molecule has 1 fully saturated rings. The summed E-state index contributed by atoms with van der Waals surface area (Å²) in [6, 6.07) is 5.84. The minimum absolute atomic E-state index is 0.226. The molecule has 1 unspecified atom stereocenters. The van der Waals surface area contributed by atoms with Crippen molar-refractivity contribution in [2.24, 2.45) is 0 Å². The molecule has 0 spiro atoms. The van der Waals surface area contributed by atoms with Crippen LogP contribution in [-0.4, -0.2) is 51.8 Å². The molecular formula is C15H25N3O2S. The number of hydrogen-bond acceptors (Lipinski definition) is 5. The molecule has 2 rings (SSSR count). The van der Waals surface area contributed by atoms with Crippen LogP contribution in [0.3, 0.4) is 0 Å². The van der Waals surface area contributed by atoms with Gasteiger partial charge in [0.2, 0.25) is 0 Å². The largest absolute Gasteiger partial charge is 0.396 e. The van der Waals surface area contributed by atoms with E-state index in [4.69, 9.17) is 5.73 Å². The molecule has 0 aromatic heterocycles. The van der Waals surface area contributed by atoms with Crippen LogP contribution < -0.4 is 10.6 Å². The van der Waals surface area contributed by atoms with Gasteiger partial charge in [-0.3, -0.25) is 4.90 Å². The summed E-state index contributed by atoms with van der Waals surface area (Å²) in [6.07, 6.45) is 2.34. The van der Waals surface area contributed by atoms with E-state index in [9.17, 15) is 8.42 Å². The molecule has 1 aromatic carbocycles. The Hall–Kier alpha value is -1.27. The number of benzene rings is 1. The average Bonchev–Trinajstić information content (AvgIpc) is 2.45. The lowest BCUT2D eigenvalue weighted by atomic mass is 10.1. The zero-order chi connectivity index (χ0) is 15.6. The fraction of sp³-hybridized carbons (Fsp3) is 0.600. The highest BCUT2D eigenvalue weighted by Gasteiger charge is 2.23. The van der Waals surface area contributed by atoms with Crippen molar-refractivity contribution < 1.29 is 8.42 Å². The van der Waals surface area contributed by atoms with Crippen LogP contribution in [0, 0.1) is 0 Å². The van der Waals surface area contributed by atoms with Gasteiger partial charge in [0.05, 0.1) is 16.3 Å². The molecular weight excluding hydrogens is 286 g/mol. The van der Waals surface area contributed by atoms with Crippen molar-refractivity contribution in [3.8, 4) is 0 Å². The van der Waals surface area contributed by atoms with Crippen molar-refractivity contribution in [1.82, 2.24) is 4.90 Å². The highest BCUT2D eigenvalue weighted by Crippen LogP contribution is 2.30. The summed E-state index contributed by atoms with van der Waals surface area (Å²) < 4.78 is 23.5. The van der Waals surface area contributed by atoms with Crippen LogP contribution in [-0.2, 0) is 9.84 Å². The van der Waals surface area contributed by atoms with Gasteiger partial charge < -0.3 is 10.6 Å². The third kappa shape index (κ3) is 3.49. The van der Waals surface area contributed by atoms with E-state index in [-0.39, 0.29) is 4.90 Å². The molecule has 1 saturated heterocycles. The third-order valence-corrected chi connectivity index (χ3v) is 5.47. The molecule has 1 aliphatic heterocycles.